The summed E-state index contributed by atoms with van der Waals surface area (Å²) >= 11 is 0. The zero-order valence-corrected chi connectivity index (χ0v) is 13.1. The van der Waals surface area contributed by atoms with E-state index in [9.17, 15) is 0 Å². The molecule has 3 heterocycles. The molecule has 120 valence electrons. The van der Waals surface area contributed by atoms with Gasteiger partial charge < -0.3 is 15.0 Å². The molecule has 2 aromatic rings. The van der Waals surface area contributed by atoms with Crippen LogP contribution in [0.5, 0.6) is 5.88 Å². The van der Waals surface area contributed by atoms with Crippen LogP contribution in [0.3, 0.4) is 0 Å². The maximum absolute atomic E-state index is 5.13. The van der Waals surface area contributed by atoms with Gasteiger partial charge in [0, 0.05) is 49.2 Å². The molecule has 7 heteroatoms. The highest BCUT2D eigenvalue weighted by molar-refractivity contribution is 5.37. The van der Waals surface area contributed by atoms with Crippen LogP contribution in [0.1, 0.15) is 30.9 Å². The molecule has 1 aliphatic heterocycles. The quantitative estimate of drug-likeness (QED) is 0.902. The highest BCUT2D eigenvalue weighted by Gasteiger charge is 2.28. The van der Waals surface area contributed by atoms with Crippen LogP contribution in [0.2, 0.25) is 0 Å². The zero-order chi connectivity index (χ0) is 15.6. The van der Waals surface area contributed by atoms with E-state index in [0.717, 1.165) is 25.5 Å². The first kappa shape index (κ1) is 14.2. The predicted molar refractivity (Wildman–Crippen MR) is 86.8 cm³/mol. The summed E-state index contributed by atoms with van der Waals surface area (Å²) in [5.74, 6) is 2.66. The Kier molecular flexibility index (Phi) is 3.69. The van der Waals surface area contributed by atoms with Crippen LogP contribution in [-0.4, -0.2) is 46.2 Å². The summed E-state index contributed by atoms with van der Waals surface area (Å²) in [5.41, 5.74) is 1.18. The molecule has 23 heavy (non-hydrogen) atoms. The van der Waals surface area contributed by atoms with Gasteiger partial charge in [-0.05, 0) is 25.3 Å². The van der Waals surface area contributed by atoms with E-state index in [1.807, 2.05) is 12.3 Å². The van der Waals surface area contributed by atoms with Crippen LogP contribution in [0.4, 0.5) is 11.9 Å². The third kappa shape index (κ3) is 3.18. The standard InChI is InChI=1S/C16H20N6O/c1-23-14-5-8-17-15(21-14)19-12-6-9-22(10-12)16-18-7-4-13(20-16)11-2-3-11/h4-5,7-8,11-12H,2-3,6,9-10H2,1H3,(H,17,19,21). The molecule has 1 aliphatic carbocycles. The topological polar surface area (TPSA) is 76.1 Å². The van der Waals surface area contributed by atoms with Gasteiger partial charge in [0.2, 0.25) is 17.8 Å². The Labute approximate surface area is 135 Å². The lowest BCUT2D eigenvalue weighted by molar-refractivity contribution is 0.397. The lowest BCUT2D eigenvalue weighted by atomic mass is 10.3. The SMILES string of the molecule is COc1ccnc(NC2CCN(c3nccc(C4CC4)n3)C2)n1. The molecule has 0 spiro atoms. The van der Waals surface area contributed by atoms with E-state index < -0.39 is 0 Å². The summed E-state index contributed by atoms with van der Waals surface area (Å²) in [7, 11) is 1.60. The van der Waals surface area contributed by atoms with E-state index in [2.05, 4.69) is 25.2 Å². The summed E-state index contributed by atoms with van der Waals surface area (Å²) in [5, 5.41) is 3.37. The van der Waals surface area contributed by atoms with Crippen LogP contribution in [0.15, 0.2) is 24.5 Å². The number of nitrogens with zero attached hydrogens (tertiary/aromatic N) is 5. The smallest absolute Gasteiger partial charge is 0.226 e. The summed E-state index contributed by atoms with van der Waals surface area (Å²) in [6.45, 7) is 1.80. The van der Waals surface area contributed by atoms with Crippen molar-refractivity contribution in [1.29, 1.82) is 0 Å². The van der Waals surface area contributed by atoms with Crippen LogP contribution < -0.4 is 15.0 Å². The summed E-state index contributed by atoms with van der Waals surface area (Å²) in [4.78, 5) is 19.9. The molecular weight excluding hydrogens is 292 g/mol. The van der Waals surface area contributed by atoms with Gasteiger partial charge in [0.25, 0.3) is 0 Å². The fourth-order valence-corrected chi connectivity index (χ4v) is 2.89. The fourth-order valence-electron chi connectivity index (χ4n) is 2.89. The molecule has 1 N–H and O–H groups in total. The van der Waals surface area contributed by atoms with Crippen molar-refractivity contribution in [2.45, 2.75) is 31.2 Å². The maximum Gasteiger partial charge on any atom is 0.226 e. The molecule has 0 aromatic carbocycles. The molecule has 1 saturated heterocycles. The van der Waals surface area contributed by atoms with Crippen molar-refractivity contribution in [3.63, 3.8) is 0 Å². The number of rotatable bonds is 5. The Morgan fingerprint density at radius 1 is 1.13 bits per heavy atom. The van der Waals surface area contributed by atoms with Crippen LogP contribution >= 0.6 is 0 Å². The Morgan fingerprint density at radius 3 is 2.83 bits per heavy atom. The number of methoxy groups -OCH3 is 1. The van der Waals surface area contributed by atoms with Crippen molar-refractivity contribution in [3.05, 3.63) is 30.2 Å². The lowest BCUT2D eigenvalue weighted by Gasteiger charge is -2.17. The number of hydrogen-bond acceptors (Lipinski definition) is 7. The van der Waals surface area contributed by atoms with E-state index in [4.69, 9.17) is 9.72 Å². The largest absolute Gasteiger partial charge is 0.481 e. The molecule has 0 radical (unpaired) electrons. The predicted octanol–water partition coefficient (Wildman–Crippen LogP) is 1.84. The minimum absolute atomic E-state index is 0.287. The van der Waals surface area contributed by atoms with Crippen molar-refractivity contribution in [1.82, 2.24) is 19.9 Å². The second-order valence-corrected chi connectivity index (χ2v) is 6.05. The summed E-state index contributed by atoms with van der Waals surface area (Å²) in [6.07, 6.45) is 7.10. The molecule has 4 rings (SSSR count). The monoisotopic (exact) mass is 312 g/mol. The van der Waals surface area contributed by atoms with Crippen LogP contribution in [0, 0.1) is 0 Å². The minimum atomic E-state index is 0.287. The second kappa shape index (κ2) is 5.98. The number of nitrogens with one attached hydrogen (secondary N) is 1. The Hall–Kier alpha value is -2.44. The molecule has 2 aliphatic rings. The Bertz CT molecular complexity index is 690. The van der Waals surface area contributed by atoms with Crippen LogP contribution in [0.25, 0.3) is 0 Å². The molecular formula is C16H20N6O. The average Bonchev–Trinajstić information content (AvgIpc) is 3.35. The third-order valence-electron chi connectivity index (χ3n) is 4.30. The highest BCUT2D eigenvalue weighted by atomic mass is 16.5. The van der Waals surface area contributed by atoms with Crippen molar-refractivity contribution in [2.24, 2.45) is 0 Å². The summed E-state index contributed by atoms with van der Waals surface area (Å²) in [6, 6.07) is 4.07. The molecule has 7 nitrogen and oxygen atoms in total. The third-order valence-corrected chi connectivity index (χ3v) is 4.30. The normalized spacial score (nSPS) is 20.6. The molecule has 2 aromatic heterocycles. The van der Waals surface area contributed by atoms with E-state index in [1.54, 1.807) is 19.4 Å². The van der Waals surface area contributed by atoms with E-state index >= 15 is 0 Å². The molecule has 0 bridgehead atoms. The van der Waals surface area contributed by atoms with Crippen LogP contribution in [-0.2, 0) is 0 Å². The van der Waals surface area contributed by atoms with E-state index in [-0.39, 0.29) is 6.04 Å². The van der Waals surface area contributed by atoms with Gasteiger partial charge in [-0.3, -0.25) is 0 Å². The minimum Gasteiger partial charge on any atom is -0.481 e. The molecule has 1 saturated carbocycles. The van der Waals surface area contributed by atoms with Gasteiger partial charge in [-0.2, -0.15) is 4.98 Å². The number of hydrogen-bond donors (Lipinski definition) is 1. The molecule has 0 amide bonds. The van der Waals surface area contributed by atoms with Crippen molar-refractivity contribution in [3.8, 4) is 5.88 Å². The van der Waals surface area contributed by atoms with Gasteiger partial charge in [0.1, 0.15) is 0 Å². The first-order valence-corrected chi connectivity index (χ1v) is 8.03. The van der Waals surface area contributed by atoms with E-state index in [1.165, 1.54) is 18.5 Å². The van der Waals surface area contributed by atoms with Crippen molar-refractivity contribution in [2.75, 3.05) is 30.4 Å². The van der Waals surface area contributed by atoms with E-state index in [0.29, 0.717) is 17.7 Å². The Morgan fingerprint density at radius 2 is 2.00 bits per heavy atom. The molecule has 1 atom stereocenters. The van der Waals surface area contributed by atoms with Gasteiger partial charge in [-0.25, -0.2) is 15.0 Å². The number of anilines is 2. The van der Waals surface area contributed by atoms with Gasteiger partial charge in [0.15, 0.2) is 0 Å². The summed E-state index contributed by atoms with van der Waals surface area (Å²) < 4.78 is 5.13. The first-order valence-electron chi connectivity index (χ1n) is 8.03. The number of ether oxygens (including phenoxy) is 1. The van der Waals surface area contributed by atoms with Gasteiger partial charge >= 0.3 is 0 Å². The zero-order valence-electron chi connectivity index (χ0n) is 13.1. The molecule has 1 unspecified atom stereocenters. The molecule has 2 fully saturated rings. The van der Waals surface area contributed by atoms with Gasteiger partial charge in [0.05, 0.1) is 7.11 Å². The lowest BCUT2D eigenvalue weighted by Crippen LogP contribution is -2.28. The maximum atomic E-state index is 5.13. The second-order valence-electron chi connectivity index (χ2n) is 6.05. The average molecular weight is 312 g/mol. The van der Waals surface area contributed by atoms with Gasteiger partial charge in [-0.1, -0.05) is 0 Å². The fraction of sp³-hybridized carbons (Fsp3) is 0.500. The van der Waals surface area contributed by atoms with Crippen molar-refractivity contribution < 1.29 is 4.74 Å². The van der Waals surface area contributed by atoms with Crippen molar-refractivity contribution >= 4 is 11.9 Å². The highest BCUT2D eigenvalue weighted by Crippen LogP contribution is 2.39. The van der Waals surface area contributed by atoms with Gasteiger partial charge in [-0.15, -0.1) is 0 Å². The Balaban J connectivity index is 1.41. The first-order chi connectivity index (χ1) is 11.3. The number of aromatic nitrogens is 4.